The molecule has 2 aromatic rings. The van der Waals surface area contributed by atoms with Gasteiger partial charge in [0.2, 0.25) is 0 Å². The van der Waals surface area contributed by atoms with Gasteiger partial charge < -0.3 is 20.0 Å². The Morgan fingerprint density at radius 3 is 2.47 bits per heavy atom. The Hall–Kier alpha value is -2.37. The zero-order chi connectivity index (χ0) is 22.2. The molecule has 2 N–H and O–H groups in total. The van der Waals surface area contributed by atoms with Crippen molar-refractivity contribution < 1.29 is 19.4 Å². The molecule has 0 fully saturated rings. The van der Waals surface area contributed by atoms with E-state index < -0.39 is 29.8 Å². The molecule has 0 aliphatic carbocycles. The van der Waals surface area contributed by atoms with Crippen molar-refractivity contribution in [2.24, 2.45) is 0 Å². The first-order valence-electron chi connectivity index (χ1n) is 10.1. The molecule has 0 saturated carbocycles. The number of nitrogens with one attached hydrogen (secondary N) is 1. The van der Waals surface area contributed by atoms with Crippen molar-refractivity contribution in [3.63, 3.8) is 0 Å². The van der Waals surface area contributed by atoms with E-state index in [2.05, 4.69) is 5.32 Å². The molecule has 162 valence electrons. The third-order valence-corrected chi connectivity index (χ3v) is 5.62. The van der Waals surface area contributed by atoms with Crippen molar-refractivity contribution in [2.45, 2.75) is 57.1 Å². The third-order valence-electron chi connectivity index (χ3n) is 5.39. The van der Waals surface area contributed by atoms with Gasteiger partial charge in [-0.2, -0.15) is 0 Å². The minimum Gasteiger partial charge on any atom is -0.440 e. The van der Waals surface area contributed by atoms with Gasteiger partial charge in [0.25, 0.3) is 0 Å². The number of amides is 1. The summed E-state index contributed by atoms with van der Waals surface area (Å²) in [5, 5.41) is 12.9. The number of aliphatic hydroxyl groups is 1. The number of alkyl carbamates (subject to hydrolysis) is 1. The first-order valence-corrected chi connectivity index (χ1v) is 10.5. The molecule has 6 heteroatoms. The fourth-order valence-corrected chi connectivity index (χ4v) is 3.63. The molecule has 0 saturated heterocycles. The highest BCUT2D eigenvalue weighted by atomic mass is 35.5. The molecule has 30 heavy (non-hydrogen) atoms. The molecule has 0 bridgehead atoms. The van der Waals surface area contributed by atoms with Crippen LogP contribution in [0.4, 0.5) is 4.79 Å². The number of aldehydes is 1. The topological polar surface area (TPSA) is 75.6 Å². The summed E-state index contributed by atoms with van der Waals surface area (Å²) in [4.78, 5) is 24.5. The minimum absolute atomic E-state index is 0.340. The molecule has 5 nitrogen and oxygen atoms in total. The maximum Gasteiger partial charge on any atom is 0.408 e. The molecule has 1 amide bonds. The van der Waals surface area contributed by atoms with E-state index in [0.717, 1.165) is 17.5 Å². The number of carbonyl (C=O) groups excluding carboxylic acids is 2. The second-order valence-corrected chi connectivity index (χ2v) is 8.53. The predicted molar refractivity (Wildman–Crippen MR) is 119 cm³/mol. The largest absolute Gasteiger partial charge is 0.440 e. The number of benzene rings is 2. The molecular formula is C24H30ClNO4. The second kappa shape index (κ2) is 10.6. The lowest BCUT2D eigenvalue weighted by atomic mass is 9.76. The van der Waals surface area contributed by atoms with Crippen LogP contribution in [0.1, 0.15) is 57.3 Å². The van der Waals surface area contributed by atoms with E-state index in [4.69, 9.17) is 16.3 Å². The lowest BCUT2D eigenvalue weighted by Crippen LogP contribution is -2.53. The summed E-state index contributed by atoms with van der Waals surface area (Å²) in [6, 6.07) is 16.9. The summed E-state index contributed by atoms with van der Waals surface area (Å²) < 4.78 is 5.87. The quantitative estimate of drug-likeness (QED) is 0.506. The van der Waals surface area contributed by atoms with Crippen molar-refractivity contribution in [1.82, 2.24) is 5.32 Å². The van der Waals surface area contributed by atoms with E-state index in [1.807, 2.05) is 69.3 Å². The van der Waals surface area contributed by atoms with Gasteiger partial charge in [-0.1, -0.05) is 87.7 Å². The summed E-state index contributed by atoms with van der Waals surface area (Å²) in [7, 11) is 0. The van der Waals surface area contributed by atoms with Crippen LogP contribution in [0.5, 0.6) is 0 Å². The second-order valence-electron chi connectivity index (χ2n) is 8.09. The van der Waals surface area contributed by atoms with Crippen molar-refractivity contribution in [1.29, 1.82) is 0 Å². The van der Waals surface area contributed by atoms with Crippen LogP contribution in [0.15, 0.2) is 54.6 Å². The summed E-state index contributed by atoms with van der Waals surface area (Å²) >= 11 is 6.19. The molecule has 0 unspecified atom stereocenters. The Kier molecular flexibility index (Phi) is 8.44. The van der Waals surface area contributed by atoms with Gasteiger partial charge in [0.1, 0.15) is 17.9 Å². The Balaban J connectivity index is 2.34. The van der Waals surface area contributed by atoms with Gasteiger partial charge in [0.15, 0.2) is 0 Å². The van der Waals surface area contributed by atoms with E-state index in [1.165, 1.54) is 0 Å². The van der Waals surface area contributed by atoms with Crippen LogP contribution in [-0.2, 0) is 14.9 Å². The van der Waals surface area contributed by atoms with Crippen molar-refractivity contribution in [3.05, 3.63) is 70.7 Å². The minimum atomic E-state index is -1.35. The lowest BCUT2D eigenvalue weighted by Gasteiger charge is -2.36. The van der Waals surface area contributed by atoms with Gasteiger partial charge in [0.05, 0.1) is 6.61 Å². The normalized spacial score (nSPS) is 14.4. The maximum absolute atomic E-state index is 12.8. The van der Waals surface area contributed by atoms with Crippen molar-refractivity contribution >= 4 is 24.0 Å². The summed E-state index contributed by atoms with van der Waals surface area (Å²) in [6.45, 7) is 5.43. The summed E-state index contributed by atoms with van der Waals surface area (Å²) in [5.41, 5.74) is -0.247. The van der Waals surface area contributed by atoms with Crippen LogP contribution in [0.2, 0.25) is 5.02 Å². The number of rotatable bonds is 10. The van der Waals surface area contributed by atoms with Gasteiger partial charge in [-0.15, -0.1) is 0 Å². The van der Waals surface area contributed by atoms with Crippen molar-refractivity contribution in [3.8, 4) is 0 Å². The average Bonchev–Trinajstić information content (AvgIpc) is 2.75. The summed E-state index contributed by atoms with van der Waals surface area (Å²) in [6.07, 6.45) is 1.05. The van der Waals surface area contributed by atoms with Gasteiger partial charge in [-0.25, -0.2) is 4.79 Å². The molecule has 0 radical (unpaired) electrons. The van der Waals surface area contributed by atoms with Crippen LogP contribution in [0.3, 0.4) is 0 Å². The van der Waals surface area contributed by atoms with E-state index >= 15 is 0 Å². The number of aliphatic hydroxyl groups excluding tert-OH is 1. The van der Waals surface area contributed by atoms with Crippen LogP contribution in [-0.4, -0.2) is 29.6 Å². The van der Waals surface area contributed by atoms with Crippen molar-refractivity contribution in [2.75, 3.05) is 6.61 Å². The molecule has 0 aromatic heterocycles. The highest BCUT2D eigenvalue weighted by Gasteiger charge is 2.38. The predicted octanol–water partition coefficient (Wildman–Crippen LogP) is 5.21. The van der Waals surface area contributed by atoms with Crippen LogP contribution < -0.4 is 5.32 Å². The first-order chi connectivity index (χ1) is 14.3. The SMILES string of the molecule is CCCC[C@](C=O)(CO)NC(=O)O[C@H](c1ccccc1)C(C)(C)c1cccc(Cl)c1. The van der Waals surface area contributed by atoms with Crippen LogP contribution in [0.25, 0.3) is 0 Å². The molecule has 2 aromatic carbocycles. The zero-order valence-electron chi connectivity index (χ0n) is 17.7. The van der Waals surface area contributed by atoms with Gasteiger partial charge in [0, 0.05) is 10.4 Å². The van der Waals surface area contributed by atoms with E-state index in [0.29, 0.717) is 24.2 Å². The highest BCUT2D eigenvalue weighted by molar-refractivity contribution is 6.30. The zero-order valence-corrected chi connectivity index (χ0v) is 18.5. The van der Waals surface area contributed by atoms with E-state index in [-0.39, 0.29) is 0 Å². The smallest absolute Gasteiger partial charge is 0.408 e. The molecule has 2 rings (SSSR count). The number of halogens is 1. The Morgan fingerprint density at radius 1 is 1.20 bits per heavy atom. The molecule has 0 spiro atoms. The first kappa shape index (κ1) is 23.9. The van der Waals surface area contributed by atoms with Gasteiger partial charge >= 0.3 is 6.09 Å². The van der Waals surface area contributed by atoms with Gasteiger partial charge in [-0.3, -0.25) is 0 Å². The molecular weight excluding hydrogens is 402 g/mol. The van der Waals surface area contributed by atoms with Gasteiger partial charge in [-0.05, 0) is 29.7 Å². The number of hydrogen-bond acceptors (Lipinski definition) is 4. The molecule has 0 aliphatic heterocycles. The van der Waals surface area contributed by atoms with E-state index in [9.17, 15) is 14.7 Å². The Morgan fingerprint density at radius 2 is 1.90 bits per heavy atom. The fourth-order valence-electron chi connectivity index (χ4n) is 3.44. The average molecular weight is 432 g/mol. The third kappa shape index (κ3) is 5.83. The fraction of sp³-hybridized carbons (Fsp3) is 0.417. The summed E-state index contributed by atoms with van der Waals surface area (Å²) in [5.74, 6) is 0. The number of unbranched alkanes of at least 4 members (excludes halogenated alkanes) is 1. The standard InChI is InChI=1S/C24H30ClNO4/c1-4-5-14-24(16-27,17-28)26-22(29)30-21(18-10-7-6-8-11-18)23(2,3)19-12-9-13-20(25)15-19/h6-13,15-16,21,28H,4-5,14,17H2,1-3H3,(H,26,29)/t21-,24+/m1/s1. The number of hydrogen-bond donors (Lipinski definition) is 2. The van der Waals surface area contributed by atoms with E-state index in [1.54, 1.807) is 6.07 Å². The molecule has 2 atom stereocenters. The molecule has 0 heterocycles. The lowest BCUT2D eigenvalue weighted by molar-refractivity contribution is -0.115. The van der Waals surface area contributed by atoms with Crippen LogP contribution in [0, 0.1) is 0 Å². The Labute approximate surface area is 183 Å². The molecule has 0 aliphatic rings. The maximum atomic E-state index is 12.8. The monoisotopic (exact) mass is 431 g/mol. The highest BCUT2D eigenvalue weighted by Crippen LogP contribution is 2.40. The number of carbonyl (C=O) groups is 2. The Bertz CT molecular complexity index is 840. The van der Waals surface area contributed by atoms with Crippen LogP contribution >= 0.6 is 11.6 Å². The number of ether oxygens (including phenoxy) is 1.